The maximum absolute atomic E-state index is 14.1. The van der Waals surface area contributed by atoms with Crippen molar-refractivity contribution in [1.29, 1.82) is 0 Å². The highest BCUT2D eigenvalue weighted by molar-refractivity contribution is 5.82. The molecule has 0 radical (unpaired) electrons. The van der Waals surface area contributed by atoms with E-state index in [-0.39, 0.29) is 12.8 Å². The number of rotatable bonds is 61. The Bertz CT molecular complexity index is 2970. The van der Waals surface area contributed by atoms with Crippen LogP contribution in [-0.2, 0) is 71.5 Å². The number of aliphatic hydroxyl groups excluding tert-OH is 17. The molecule has 0 aliphatic carbocycles. The molecule has 4 fully saturated rings. The minimum atomic E-state index is -4.13. The van der Waals surface area contributed by atoms with Crippen LogP contribution in [0.15, 0.2) is 0 Å². The van der Waals surface area contributed by atoms with Crippen LogP contribution in [0.5, 0.6) is 0 Å². The van der Waals surface area contributed by atoms with Gasteiger partial charge in [0.2, 0.25) is 29.4 Å². The van der Waals surface area contributed by atoms with E-state index in [1.165, 1.54) is 70.6 Å². The number of carbonyl (C=O) groups excluding carboxylic acids is 4. The lowest BCUT2D eigenvalue weighted by Crippen LogP contribution is -2.78. The fraction of sp³-hybridized carbons (Fsp3) is 0.910. The van der Waals surface area contributed by atoms with E-state index < -0.39 is 264 Å². The Labute approximate surface area is 693 Å². The molecule has 0 aromatic carbocycles. The van der Waals surface area contributed by atoms with Gasteiger partial charge in [0.05, 0.1) is 75.9 Å². The first-order chi connectivity index (χ1) is 56.3. The van der Waals surface area contributed by atoms with Crippen molar-refractivity contribution in [3.63, 3.8) is 0 Å². The van der Waals surface area contributed by atoms with Crippen molar-refractivity contribution in [2.24, 2.45) is 5.92 Å². The van der Waals surface area contributed by atoms with Crippen LogP contribution < -0.4 is 21.3 Å². The number of ether oxygens (including phenoxy) is 8. The normalized spacial score (nSPS) is 31.1. The van der Waals surface area contributed by atoms with Crippen LogP contribution in [0.1, 0.15) is 240 Å². The second kappa shape index (κ2) is 52.9. The molecular formula is C78H140N4O37. The molecule has 1 unspecified atom stereocenters. The fourth-order valence-electron chi connectivity index (χ4n) is 15.4. The van der Waals surface area contributed by atoms with Crippen molar-refractivity contribution in [1.82, 2.24) is 21.3 Å². The van der Waals surface area contributed by atoms with Gasteiger partial charge in [-0.2, -0.15) is 0 Å². The van der Waals surface area contributed by atoms with Crippen molar-refractivity contribution < 1.29 is 184 Å². The Morgan fingerprint density at radius 1 is 0.496 bits per heavy atom. The number of unbranched alkanes of at least 4 members (excludes halogenated alkanes) is 24. The predicted octanol–water partition coefficient (Wildman–Crippen LogP) is -3.51. The van der Waals surface area contributed by atoms with Crippen molar-refractivity contribution >= 4 is 41.5 Å². The topological polar surface area (TPSA) is 687 Å². The van der Waals surface area contributed by atoms with Gasteiger partial charge in [-0.1, -0.05) is 201 Å². The van der Waals surface area contributed by atoms with Crippen LogP contribution in [0.25, 0.3) is 0 Å². The van der Waals surface area contributed by atoms with Crippen molar-refractivity contribution in [3.8, 4) is 0 Å². The second-order valence-electron chi connectivity index (χ2n) is 32.3. The highest BCUT2D eigenvalue weighted by Crippen LogP contribution is 2.48. The highest BCUT2D eigenvalue weighted by atomic mass is 16.8. The fourth-order valence-corrected chi connectivity index (χ4v) is 15.4. The summed E-state index contributed by atoms with van der Waals surface area (Å²) in [5, 5.41) is 253. The van der Waals surface area contributed by atoms with Gasteiger partial charge in [-0.15, -0.1) is 0 Å². The van der Waals surface area contributed by atoms with Crippen LogP contribution in [0.2, 0.25) is 0 Å². The summed E-state index contributed by atoms with van der Waals surface area (Å²) >= 11 is 0. The zero-order chi connectivity index (χ0) is 89.0. The van der Waals surface area contributed by atoms with Crippen LogP contribution in [0.3, 0.4) is 0 Å². The molecule has 4 saturated heterocycles. The molecule has 0 spiro atoms. The molecule has 4 rings (SSSR count). The first kappa shape index (κ1) is 107. The zero-order valence-electron chi connectivity index (χ0n) is 68.9. The summed E-state index contributed by atoms with van der Waals surface area (Å²) in [4.78, 5) is 94.0. The lowest BCUT2D eigenvalue weighted by molar-refractivity contribution is -0.473. The molecule has 41 nitrogen and oxygen atoms in total. The van der Waals surface area contributed by atoms with Gasteiger partial charge in [-0.3, -0.25) is 19.2 Å². The van der Waals surface area contributed by atoms with Crippen molar-refractivity contribution in [2.45, 2.75) is 397 Å². The highest BCUT2D eigenvalue weighted by Gasteiger charge is 2.71. The molecule has 4 amide bonds. The molecule has 41 heteroatoms. The van der Waals surface area contributed by atoms with E-state index in [0.29, 0.717) is 32.1 Å². The van der Waals surface area contributed by atoms with Gasteiger partial charge in [0.1, 0.15) is 98.6 Å². The second-order valence-corrected chi connectivity index (χ2v) is 32.3. The van der Waals surface area contributed by atoms with E-state index in [9.17, 15) is 146 Å². The van der Waals surface area contributed by atoms with Crippen LogP contribution in [0.4, 0.5) is 0 Å². The van der Waals surface area contributed by atoms with Gasteiger partial charge in [-0.05, 0) is 18.8 Å². The van der Waals surface area contributed by atoms with E-state index in [1.54, 1.807) is 0 Å². The molecule has 119 heavy (non-hydrogen) atoms. The Balaban J connectivity index is 1.64. The first-order valence-corrected chi connectivity index (χ1v) is 42.2. The molecule has 0 aromatic rings. The summed E-state index contributed by atoms with van der Waals surface area (Å²) in [6.07, 6.45) is -16.5. The number of aliphatic hydroxyl groups is 19. The van der Waals surface area contributed by atoms with Crippen LogP contribution in [-0.4, -0.2) is 357 Å². The third kappa shape index (κ3) is 31.7. The lowest BCUT2D eigenvalue weighted by Gasteiger charge is -2.57. The van der Waals surface area contributed by atoms with Crippen molar-refractivity contribution in [3.05, 3.63) is 0 Å². The number of amides is 4. The van der Waals surface area contributed by atoms with Crippen molar-refractivity contribution in [2.75, 3.05) is 46.2 Å². The average molecular weight is 1730 g/mol. The van der Waals surface area contributed by atoms with E-state index >= 15 is 0 Å². The van der Waals surface area contributed by atoms with Gasteiger partial charge in [0, 0.05) is 19.8 Å². The Morgan fingerprint density at radius 2 is 0.908 bits per heavy atom. The molecule has 0 aromatic heterocycles. The summed E-state index contributed by atoms with van der Waals surface area (Å²) in [7, 11) is 0. The quantitative estimate of drug-likeness (QED) is 0.0207. The van der Waals surface area contributed by atoms with Crippen LogP contribution in [0, 0.1) is 5.92 Å². The Kier molecular flexibility index (Phi) is 47.3. The van der Waals surface area contributed by atoms with E-state index in [4.69, 9.17) is 37.9 Å². The van der Waals surface area contributed by atoms with E-state index in [2.05, 4.69) is 26.1 Å². The van der Waals surface area contributed by atoms with Gasteiger partial charge in [0.25, 0.3) is 17.4 Å². The summed E-state index contributed by atoms with van der Waals surface area (Å²) < 4.78 is 45.2. The molecule has 4 aliphatic heterocycles. The van der Waals surface area contributed by atoms with Crippen LogP contribution >= 0.6 is 0 Å². The number of carboxylic acid groups (broad SMARTS) is 3. The molecule has 26 N–H and O–H groups in total. The summed E-state index contributed by atoms with van der Waals surface area (Å²) in [5.74, 6) is -31.1. The monoisotopic (exact) mass is 1720 g/mol. The number of carbonyl (C=O) groups is 7. The third-order valence-electron chi connectivity index (χ3n) is 22.7. The molecular weight excluding hydrogens is 1580 g/mol. The maximum atomic E-state index is 14.1. The maximum Gasteiger partial charge on any atom is 0.364 e. The summed E-state index contributed by atoms with van der Waals surface area (Å²) in [5.41, 5.74) is 0. The minimum absolute atomic E-state index is 0.0457. The zero-order valence-corrected chi connectivity index (χ0v) is 68.9. The number of nitrogens with one attached hydrogen (secondary N) is 4. The molecule has 4 heterocycles. The summed E-state index contributed by atoms with van der Waals surface area (Å²) in [6.45, 7) is -2.08. The summed E-state index contributed by atoms with van der Waals surface area (Å²) in [6, 6.07) is -8.39. The van der Waals surface area contributed by atoms with E-state index in [1.807, 2.05) is 16.0 Å². The number of hydrogen-bond donors (Lipinski definition) is 26. The van der Waals surface area contributed by atoms with Gasteiger partial charge < -0.3 is 172 Å². The molecule has 694 valence electrons. The Morgan fingerprint density at radius 3 is 1.34 bits per heavy atom. The molecule has 4 aliphatic rings. The number of hydrogen-bond acceptors (Lipinski definition) is 34. The van der Waals surface area contributed by atoms with Gasteiger partial charge >= 0.3 is 17.9 Å². The number of aliphatic carboxylic acids is 3. The van der Waals surface area contributed by atoms with E-state index in [0.717, 1.165) is 89.9 Å². The average Bonchev–Trinajstić information content (AvgIpc) is 0.714. The third-order valence-corrected chi connectivity index (χ3v) is 22.7. The minimum Gasteiger partial charge on any atom is -0.477 e. The van der Waals surface area contributed by atoms with Gasteiger partial charge in [0.15, 0.2) is 12.1 Å². The number of carboxylic acids is 3. The smallest absolute Gasteiger partial charge is 0.364 e. The molecule has 0 bridgehead atoms. The Hall–Kier alpha value is -4.79. The predicted molar refractivity (Wildman–Crippen MR) is 412 cm³/mol. The standard InChI is InChI=1S/C78H140N4O37/c1-5-7-8-9-10-11-12-13-14-15-16-17-18-19-20-25-28-31-34-49(90)69(103)80-47(48(89)33-30-27-24-22-21-23-26-29-32-45(3)6-2)42-112-70-63(101)68(102)78(111,55(40-86)114-70)119-77(73(108)109)44-74(110,67(79-46(4)88)66(117-77)62(100)54(95)39-85)118-76(72(106)107)36-51(92)59(65(116-76)61(99)53(94)38-84)82-57(97)43-113-75(71(104)105)35-50(91)58(81-56(96)41-87)64(115-75)60(98)52(93)37-83/h45,47-55,58-68,70,83-87,89-95,98-102,110-111H,5-44H2,1-4H3,(H,79,88)(H,80,103)(H,81,96)(H,82,97)(H,104,105)(H,106,107)(H,108,109)/t45?,47-,48+,49-,50-,51-,52+,53+,54+,55+,58+,59+,60+,61+,62+,63+,64+,65+,66-,67-,68+,70+,74+,75+,76-,77-,78-/m0/s1. The SMILES string of the molecule is CCCCCCCCCCCCCCCCCCCC[C@H](O)C(=O)N[C@@H](CO[C@@H]1O[C@H](CO)[C@](O)(O[C@]2(C(=O)O)C[C@@](O)(O[C@]3(C(=O)O)C[C@H](O)[C@@H](NC(=O)CO[C@]4(C(=O)O)C[C@H](O)[C@@H](NC(=O)CO)[C@H]([C@H](O)[C@H](O)CO)O4)[C@H]([C@H](O)[C@H](O)CO)O3)[C@@H](NC(C)=O)[C@H]([C@H](O)[C@H](O)CO)O2)[C@H](O)[C@H]1O)[C@H](O)CCCCCCCCCCC(C)CC. The first-order valence-electron chi connectivity index (χ1n) is 42.2. The molecule has 27 atom stereocenters. The molecule has 0 saturated carbocycles. The lowest BCUT2D eigenvalue weighted by atomic mass is 9.83. The van der Waals surface area contributed by atoms with Gasteiger partial charge in [-0.25, -0.2) is 14.4 Å². The largest absolute Gasteiger partial charge is 0.477 e.